The summed E-state index contributed by atoms with van der Waals surface area (Å²) in [6.45, 7) is 8.04. The summed E-state index contributed by atoms with van der Waals surface area (Å²) in [5.74, 6) is -2.45. The van der Waals surface area contributed by atoms with Crippen LogP contribution >= 0.6 is 7.60 Å². The number of amides is 3. The smallest absolute Gasteiger partial charge is 0.361 e. The third-order valence-electron chi connectivity index (χ3n) is 6.84. The van der Waals surface area contributed by atoms with Crippen molar-refractivity contribution in [1.29, 1.82) is 0 Å². The quantitative estimate of drug-likeness (QED) is 0.0307. The van der Waals surface area contributed by atoms with Crippen LogP contribution in [0.1, 0.15) is 77.3 Å². The van der Waals surface area contributed by atoms with Gasteiger partial charge in [-0.2, -0.15) is 0 Å². The van der Waals surface area contributed by atoms with Crippen molar-refractivity contribution in [2.45, 2.75) is 72.8 Å². The molecule has 1 aromatic carbocycles. The lowest BCUT2D eigenvalue weighted by Gasteiger charge is -2.29. The molecule has 0 aliphatic rings. The lowest BCUT2D eigenvalue weighted by Crippen LogP contribution is -2.47. The van der Waals surface area contributed by atoms with Crippen LogP contribution in [0.15, 0.2) is 34.7 Å². The summed E-state index contributed by atoms with van der Waals surface area (Å²) in [4.78, 5) is 59.1. The number of hydrogen-bond donors (Lipinski definition) is 4. The number of nitrogens with zero attached hydrogens (tertiary/aromatic N) is 1. The van der Waals surface area contributed by atoms with E-state index in [1.54, 1.807) is 33.8 Å². The highest BCUT2D eigenvalue weighted by atomic mass is 31.2. The Morgan fingerprint density at radius 2 is 1.82 bits per heavy atom. The molecule has 1 heterocycles. The SMILES string of the molecule is CCCCCC(C(=O)NCNC(=O)c1ccc(-c2cc(OCC)cc(P(=O)(O)OCOC(=O)C(C)C)c2)o1)[C@@H](CC)N(O)C=O. The Hall–Kier alpha value is -3.71. The molecule has 0 radical (unpaired) electrons. The molecular weight excluding hydrogens is 609 g/mol. The lowest BCUT2D eigenvalue weighted by molar-refractivity contribution is -0.168. The minimum atomic E-state index is -4.46. The van der Waals surface area contributed by atoms with Crippen molar-refractivity contribution in [3.8, 4) is 17.1 Å². The summed E-state index contributed by atoms with van der Waals surface area (Å²) in [5, 5.41) is 15.5. The highest BCUT2D eigenvalue weighted by molar-refractivity contribution is 7.61. The van der Waals surface area contributed by atoms with Crippen molar-refractivity contribution in [3.05, 3.63) is 36.1 Å². The largest absolute Gasteiger partial charge is 0.494 e. The van der Waals surface area contributed by atoms with Gasteiger partial charge in [-0.05, 0) is 50.1 Å². The van der Waals surface area contributed by atoms with Gasteiger partial charge in [0.1, 0.15) is 11.5 Å². The standard InChI is InChI=1S/C30H44N3O11P/c1-6-9-10-11-24(25(7-2)33(38)18-34)28(35)31-17-32-29(36)27-13-12-26(44-27)21-14-22(41-8-3)16-23(15-21)45(39,40)43-19-42-30(37)20(4)5/h12-16,18,20,24-25,38H,6-11,17,19H2,1-5H3,(H,31,35)(H,32,36)(H,39,40)/t24?,25-/m1/s1. The highest BCUT2D eigenvalue weighted by Gasteiger charge is 2.31. The molecule has 250 valence electrons. The van der Waals surface area contributed by atoms with Crippen LogP contribution in [-0.4, -0.2) is 65.5 Å². The second kappa shape index (κ2) is 18.3. The lowest BCUT2D eigenvalue weighted by atomic mass is 9.90. The Kier molecular flexibility index (Phi) is 15.2. The van der Waals surface area contributed by atoms with Crippen molar-refractivity contribution in [3.63, 3.8) is 0 Å². The average Bonchev–Trinajstić information content (AvgIpc) is 3.51. The molecule has 0 bridgehead atoms. The molecule has 0 aliphatic carbocycles. The molecule has 0 saturated heterocycles. The minimum absolute atomic E-state index is 0.0972. The summed E-state index contributed by atoms with van der Waals surface area (Å²) in [6, 6.07) is 6.38. The number of ether oxygens (including phenoxy) is 2. The summed E-state index contributed by atoms with van der Waals surface area (Å²) < 4.78 is 34.0. The third kappa shape index (κ3) is 11.3. The predicted octanol–water partition coefficient (Wildman–Crippen LogP) is 3.96. The number of hydrogen-bond acceptors (Lipinski definition) is 10. The minimum Gasteiger partial charge on any atom is -0.494 e. The molecule has 15 heteroatoms. The van der Waals surface area contributed by atoms with Crippen molar-refractivity contribution in [2.75, 3.05) is 20.1 Å². The molecule has 45 heavy (non-hydrogen) atoms. The molecule has 4 N–H and O–H groups in total. The number of carbonyl (C=O) groups excluding carboxylic acids is 4. The van der Waals surface area contributed by atoms with Crippen molar-refractivity contribution in [1.82, 2.24) is 15.7 Å². The Balaban J connectivity index is 2.14. The van der Waals surface area contributed by atoms with E-state index in [-0.39, 0.29) is 42.3 Å². The fourth-order valence-corrected chi connectivity index (χ4v) is 5.36. The second-order valence-corrected chi connectivity index (χ2v) is 12.3. The topological polar surface area (TPSA) is 194 Å². The number of unbranched alkanes of at least 4 members (excludes halogenated alkanes) is 2. The maximum absolute atomic E-state index is 13.0. The molecule has 2 rings (SSSR count). The zero-order valence-electron chi connectivity index (χ0n) is 26.3. The normalized spacial score (nSPS) is 13.8. The van der Waals surface area contributed by atoms with Gasteiger partial charge >= 0.3 is 13.6 Å². The van der Waals surface area contributed by atoms with E-state index in [1.165, 1.54) is 24.3 Å². The monoisotopic (exact) mass is 653 g/mol. The Bertz CT molecular complexity index is 1330. The molecule has 0 saturated carbocycles. The van der Waals surface area contributed by atoms with E-state index in [2.05, 4.69) is 10.6 Å². The first kappa shape index (κ1) is 37.5. The van der Waals surface area contributed by atoms with Gasteiger partial charge in [0.2, 0.25) is 19.1 Å². The molecule has 0 fully saturated rings. The van der Waals surface area contributed by atoms with Crippen molar-refractivity contribution < 1.29 is 52.3 Å². The maximum atomic E-state index is 13.0. The first-order valence-electron chi connectivity index (χ1n) is 14.9. The van der Waals surface area contributed by atoms with Crippen LogP contribution in [0, 0.1) is 11.8 Å². The molecule has 2 unspecified atom stereocenters. The average molecular weight is 654 g/mol. The van der Waals surface area contributed by atoms with Gasteiger partial charge in [-0.1, -0.05) is 47.0 Å². The first-order chi connectivity index (χ1) is 21.4. The summed E-state index contributed by atoms with van der Waals surface area (Å²) in [7, 11) is -4.46. The van der Waals surface area contributed by atoms with Gasteiger partial charge in [0.15, 0.2) is 5.76 Å². The first-order valence-corrected chi connectivity index (χ1v) is 16.5. The van der Waals surface area contributed by atoms with E-state index in [0.717, 1.165) is 19.3 Å². The van der Waals surface area contributed by atoms with E-state index in [9.17, 15) is 33.8 Å². The Labute approximate surface area is 262 Å². The molecule has 0 aliphatic heterocycles. The number of nitrogens with one attached hydrogen (secondary N) is 2. The van der Waals surface area contributed by atoms with Crippen LogP contribution in [0.3, 0.4) is 0 Å². The van der Waals surface area contributed by atoms with Gasteiger partial charge in [-0.25, -0.2) is 5.06 Å². The van der Waals surface area contributed by atoms with Gasteiger partial charge in [-0.15, -0.1) is 0 Å². The van der Waals surface area contributed by atoms with Gasteiger partial charge in [-0.3, -0.25) is 33.5 Å². The number of rotatable bonds is 20. The number of carbonyl (C=O) groups is 4. The van der Waals surface area contributed by atoms with Crippen molar-refractivity contribution in [2.24, 2.45) is 11.8 Å². The van der Waals surface area contributed by atoms with Gasteiger partial charge in [0.25, 0.3) is 5.91 Å². The fourth-order valence-electron chi connectivity index (χ4n) is 4.43. The number of esters is 1. The maximum Gasteiger partial charge on any atom is 0.361 e. The van der Waals surface area contributed by atoms with Crippen LogP contribution in [-0.2, 0) is 28.2 Å². The van der Waals surface area contributed by atoms with E-state index in [1.807, 2.05) is 6.92 Å². The number of hydroxylamine groups is 2. The molecular formula is C30H44N3O11P. The van der Waals surface area contributed by atoms with Gasteiger partial charge in [0.05, 0.1) is 36.5 Å². The molecule has 2 aromatic rings. The van der Waals surface area contributed by atoms with Crippen LogP contribution in [0.2, 0.25) is 0 Å². The zero-order valence-corrected chi connectivity index (χ0v) is 27.2. The van der Waals surface area contributed by atoms with E-state index in [0.29, 0.717) is 23.5 Å². The molecule has 14 nitrogen and oxygen atoms in total. The molecule has 1 aromatic heterocycles. The molecule has 0 spiro atoms. The predicted molar refractivity (Wildman–Crippen MR) is 164 cm³/mol. The Morgan fingerprint density at radius 3 is 2.44 bits per heavy atom. The van der Waals surface area contributed by atoms with Gasteiger partial charge in [0, 0.05) is 5.56 Å². The highest BCUT2D eigenvalue weighted by Crippen LogP contribution is 2.43. The van der Waals surface area contributed by atoms with E-state index < -0.39 is 50.1 Å². The van der Waals surface area contributed by atoms with E-state index in [4.69, 9.17) is 18.4 Å². The van der Waals surface area contributed by atoms with Crippen LogP contribution < -0.4 is 20.7 Å². The van der Waals surface area contributed by atoms with Crippen LogP contribution in [0.25, 0.3) is 11.3 Å². The molecule has 3 amide bonds. The zero-order chi connectivity index (χ0) is 33.6. The van der Waals surface area contributed by atoms with Crippen LogP contribution in [0.4, 0.5) is 0 Å². The van der Waals surface area contributed by atoms with Gasteiger partial charge < -0.3 is 29.4 Å². The summed E-state index contributed by atoms with van der Waals surface area (Å²) in [5.41, 5.74) is 0.310. The summed E-state index contributed by atoms with van der Waals surface area (Å²) in [6.07, 6.45) is 3.63. The van der Waals surface area contributed by atoms with Crippen LogP contribution in [0.5, 0.6) is 5.75 Å². The van der Waals surface area contributed by atoms with E-state index >= 15 is 0 Å². The second-order valence-electron chi connectivity index (χ2n) is 10.5. The Morgan fingerprint density at radius 1 is 1.09 bits per heavy atom. The van der Waals surface area contributed by atoms with Crippen molar-refractivity contribution >= 4 is 37.1 Å². The number of benzene rings is 1. The molecule has 3 atom stereocenters. The summed E-state index contributed by atoms with van der Waals surface area (Å²) >= 11 is 0. The third-order valence-corrected chi connectivity index (χ3v) is 8.21. The number of furan rings is 1. The fraction of sp³-hybridized carbons (Fsp3) is 0.533.